The van der Waals surface area contributed by atoms with Gasteiger partial charge in [-0.25, -0.2) is 4.37 Å². The molecule has 2 N–H and O–H groups in total. The van der Waals surface area contributed by atoms with Crippen LogP contribution in [0.25, 0.3) is 0 Å². The van der Waals surface area contributed by atoms with Crippen molar-refractivity contribution in [1.82, 2.24) is 9.27 Å². The average Bonchev–Trinajstić information content (AvgIpc) is 2.72. The van der Waals surface area contributed by atoms with E-state index in [9.17, 15) is 0 Å². The molecule has 2 atom stereocenters. The van der Waals surface area contributed by atoms with Gasteiger partial charge in [0.1, 0.15) is 0 Å². The van der Waals surface area contributed by atoms with Gasteiger partial charge < -0.3 is 5.73 Å². The van der Waals surface area contributed by atoms with Crippen LogP contribution >= 0.6 is 11.5 Å². The van der Waals surface area contributed by atoms with Crippen LogP contribution in [0.2, 0.25) is 0 Å². The van der Waals surface area contributed by atoms with Crippen molar-refractivity contribution in [1.29, 1.82) is 0 Å². The maximum atomic E-state index is 5.75. The van der Waals surface area contributed by atoms with Crippen LogP contribution in [-0.4, -0.2) is 29.4 Å². The molecule has 2 heterocycles. The van der Waals surface area contributed by atoms with Crippen molar-refractivity contribution in [2.24, 2.45) is 11.7 Å². The normalized spacial score (nSPS) is 29.7. The zero-order valence-corrected chi connectivity index (χ0v) is 8.63. The van der Waals surface area contributed by atoms with Gasteiger partial charge >= 0.3 is 0 Å². The van der Waals surface area contributed by atoms with Crippen molar-refractivity contribution in [3.63, 3.8) is 0 Å². The molecule has 2 rings (SSSR count). The highest BCUT2D eigenvalue weighted by Crippen LogP contribution is 2.36. The molecule has 0 aromatic carbocycles. The molecule has 0 spiro atoms. The second-order valence-electron chi connectivity index (χ2n) is 3.62. The number of hydrogen-bond donors (Lipinski definition) is 1. The van der Waals surface area contributed by atoms with Crippen LogP contribution in [0.1, 0.15) is 17.3 Å². The molecule has 1 aliphatic rings. The highest BCUT2D eigenvalue weighted by molar-refractivity contribution is 7.05. The van der Waals surface area contributed by atoms with Crippen molar-refractivity contribution in [3.05, 3.63) is 17.1 Å². The van der Waals surface area contributed by atoms with Gasteiger partial charge in [0.2, 0.25) is 0 Å². The van der Waals surface area contributed by atoms with E-state index >= 15 is 0 Å². The number of aromatic nitrogens is 1. The summed E-state index contributed by atoms with van der Waals surface area (Å²) < 4.78 is 4.14. The summed E-state index contributed by atoms with van der Waals surface area (Å²) >= 11 is 1.60. The summed E-state index contributed by atoms with van der Waals surface area (Å²) in [5.41, 5.74) is 5.75. The summed E-state index contributed by atoms with van der Waals surface area (Å²) in [5.74, 6) is 0.616. The number of nitrogens with two attached hydrogens (primary N) is 1. The summed E-state index contributed by atoms with van der Waals surface area (Å²) in [6.45, 7) is 1.94. The number of nitrogens with zero attached hydrogens (tertiary/aromatic N) is 2. The molecule has 1 aromatic rings. The van der Waals surface area contributed by atoms with Gasteiger partial charge in [0.25, 0.3) is 0 Å². The predicted molar refractivity (Wildman–Crippen MR) is 54.6 cm³/mol. The molecule has 3 nitrogen and oxygen atoms in total. The molecular weight excluding hydrogens is 182 g/mol. The fourth-order valence-electron chi connectivity index (χ4n) is 2.10. The summed E-state index contributed by atoms with van der Waals surface area (Å²) in [7, 11) is 2.17. The van der Waals surface area contributed by atoms with Crippen LogP contribution in [0.15, 0.2) is 12.3 Å². The molecule has 0 aliphatic carbocycles. The van der Waals surface area contributed by atoms with Gasteiger partial charge in [-0.05, 0) is 50.1 Å². The Hall–Kier alpha value is -0.450. The second-order valence-corrected chi connectivity index (χ2v) is 4.49. The third kappa shape index (κ3) is 1.61. The first kappa shape index (κ1) is 9.12. The van der Waals surface area contributed by atoms with Crippen molar-refractivity contribution in [3.8, 4) is 0 Å². The van der Waals surface area contributed by atoms with Gasteiger partial charge in [-0.1, -0.05) is 0 Å². The number of likely N-dealkylation sites (tertiary alicyclic amines) is 1. The van der Waals surface area contributed by atoms with E-state index in [1.807, 2.05) is 6.20 Å². The predicted octanol–water partition coefficient (Wildman–Crippen LogP) is 1.09. The topological polar surface area (TPSA) is 42.1 Å². The first-order chi connectivity index (χ1) is 6.33. The van der Waals surface area contributed by atoms with E-state index in [0.717, 1.165) is 13.1 Å². The highest BCUT2D eigenvalue weighted by Gasteiger charge is 2.32. The fraction of sp³-hybridized carbons (Fsp3) is 0.667. The van der Waals surface area contributed by atoms with E-state index in [4.69, 9.17) is 5.73 Å². The Balaban J connectivity index is 2.20. The molecule has 1 aliphatic heterocycles. The van der Waals surface area contributed by atoms with E-state index in [1.165, 1.54) is 11.3 Å². The van der Waals surface area contributed by atoms with Crippen LogP contribution in [0, 0.1) is 5.92 Å². The third-order valence-electron chi connectivity index (χ3n) is 2.83. The standard InChI is InChI=1S/C9H15N3S/c1-12-5-3-7(6-10)9(12)8-2-4-11-13-8/h2,4,7,9H,3,5-6,10H2,1H3. The van der Waals surface area contributed by atoms with Gasteiger partial charge in [-0.3, -0.25) is 4.90 Å². The third-order valence-corrected chi connectivity index (χ3v) is 3.64. The molecule has 13 heavy (non-hydrogen) atoms. The van der Waals surface area contributed by atoms with Gasteiger partial charge in [-0.15, -0.1) is 0 Å². The lowest BCUT2D eigenvalue weighted by atomic mass is 10.00. The summed E-state index contributed by atoms with van der Waals surface area (Å²) in [6, 6.07) is 2.62. The van der Waals surface area contributed by atoms with E-state index in [0.29, 0.717) is 12.0 Å². The second kappa shape index (κ2) is 3.74. The first-order valence-electron chi connectivity index (χ1n) is 4.64. The summed E-state index contributed by atoms with van der Waals surface area (Å²) in [6.07, 6.45) is 3.09. The van der Waals surface area contributed by atoms with Crippen molar-refractivity contribution >= 4 is 11.5 Å². The minimum absolute atomic E-state index is 0.512. The molecule has 1 aromatic heterocycles. The number of hydrogen-bond acceptors (Lipinski definition) is 4. The Morgan fingerprint density at radius 1 is 1.77 bits per heavy atom. The van der Waals surface area contributed by atoms with E-state index < -0.39 is 0 Å². The summed E-state index contributed by atoms with van der Waals surface area (Å²) in [5, 5.41) is 0. The zero-order valence-electron chi connectivity index (χ0n) is 7.81. The van der Waals surface area contributed by atoms with Crippen molar-refractivity contribution in [2.75, 3.05) is 20.1 Å². The fourth-order valence-corrected chi connectivity index (χ4v) is 2.95. The SMILES string of the molecule is CN1CCC(CN)C1c1ccns1. The Morgan fingerprint density at radius 2 is 2.62 bits per heavy atom. The van der Waals surface area contributed by atoms with Gasteiger partial charge in [-0.2, -0.15) is 0 Å². The lowest BCUT2D eigenvalue weighted by Crippen LogP contribution is -2.24. The van der Waals surface area contributed by atoms with E-state index in [2.05, 4.69) is 22.4 Å². The van der Waals surface area contributed by atoms with Crippen LogP contribution in [0.4, 0.5) is 0 Å². The minimum Gasteiger partial charge on any atom is -0.330 e. The van der Waals surface area contributed by atoms with Crippen LogP contribution in [0.3, 0.4) is 0 Å². The van der Waals surface area contributed by atoms with Gasteiger partial charge in [0.15, 0.2) is 0 Å². The largest absolute Gasteiger partial charge is 0.330 e. The van der Waals surface area contributed by atoms with E-state index in [-0.39, 0.29) is 0 Å². The summed E-state index contributed by atoms with van der Waals surface area (Å²) in [4.78, 5) is 3.74. The molecule has 4 heteroatoms. The lowest BCUT2D eigenvalue weighted by molar-refractivity contribution is 0.284. The maximum absolute atomic E-state index is 5.75. The maximum Gasteiger partial charge on any atom is 0.0495 e. The average molecular weight is 197 g/mol. The zero-order chi connectivity index (χ0) is 9.26. The lowest BCUT2D eigenvalue weighted by Gasteiger charge is -2.22. The minimum atomic E-state index is 0.512. The Bertz CT molecular complexity index is 260. The monoisotopic (exact) mass is 197 g/mol. The van der Waals surface area contributed by atoms with Crippen LogP contribution in [-0.2, 0) is 0 Å². The first-order valence-corrected chi connectivity index (χ1v) is 5.41. The van der Waals surface area contributed by atoms with Crippen LogP contribution in [0.5, 0.6) is 0 Å². The molecule has 1 saturated heterocycles. The van der Waals surface area contributed by atoms with Gasteiger partial charge in [0.05, 0.1) is 0 Å². The molecule has 0 saturated carbocycles. The Labute approximate surface area is 82.7 Å². The van der Waals surface area contributed by atoms with Crippen LogP contribution < -0.4 is 5.73 Å². The molecule has 0 amide bonds. The van der Waals surface area contributed by atoms with Crippen molar-refractivity contribution in [2.45, 2.75) is 12.5 Å². The quantitative estimate of drug-likeness (QED) is 0.772. The molecule has 0 radical (unpaired) electrons. The molecule has 0 bridgehead atoms. The number of rotatable bonds is 2. The van der Waals surface area contributed by atoms with E-state index in [1.54, 1.807) is 11.5 Å². The van der Waals surface area contributed by atoms with Gasteiger partial charge in [0, 0.05) is 17.1 Å². The van der Waals surface area contributed by atoms with Crippen molar-refractivity contribution < 1.29 is 0 Å². The Kier molecular flexibility index (Phi) is 2.62. The Morgan fingerprint density at radius 3 is 3.23 bits per heavy atom. The molecule has 2 unspecified atom stereocenters. The molecule has 72 valence electrons. The molecular formula is C9H15N3S. The smallest absolute Gasteiger partial charge is 0.0495 e. The molecule has 1 fully saturated rings. The highest BCUT2D eigenvalue weighted by atomic mass is 32.1.